The quantitative estimate of drug-likeness (QED) is 0.548. The summed E-state index contributed by atoms with van der Waals surface area (Å²) in [5.41, 5.74) is 0. The highest BCUT2D eigenvalue weighted by Gasteiger charge is 2.13. The normalized spacial score (nSPS) is 25.5. The van der Waals surface area contributed by atoms with E-state index in [-0.39, 0.29) is 0 Å². The summed E-state index contributed by atoms with van der Waals surface area (Å²) in [6.45, 7) is 3.26. The first-order chi connectivity index (χ1) is 4.93. The molecule has 60 valence electrons. The lowest BCUT2D eigenvalue weighted by Gasteiger charge is -2.06. The summed E-state index contributed by atoms with van der Waals surface area (Å²) < 4.78 is 5.50. The zero-order valence-electron chi connectivity index (χ0n) is 6.94. The monoisotopic (exact) mass is 142 g/mol. The van der Waals surface area contributed by atoms with Gasteiger partial charge in [-0.2, -0.15) is 0 Å². The molecule has 0 amide bonds. The third-order valence-corrected chi connectivity index (χ3v) is 2.15. The highest BCUT2D eigenvalue weighted by molar-refractivity contribution is 4.64. The summed E-state index contributed by atoms with van der Waals surface area (Å²) in [4.78, 5) is 0. The van der Waals surface area contributed by atoms with Crippen LogP contribution in [0, 0.1) is 0 Å². The van der Waals surface area contributed by atoms with Crippen molar-refractivity contribution >= 4 is 0 Å². The molecular weight excluding hydrogens is 124 g/mol. The maximum Gasteiger partial charge on any atom is 0.0576 e. The van der Waals surface area contributed by atoms with Gasteiger partial charge in [-0.05, 0) is 19.3 Å². The molecule has 1 heterocycles. The zero-order valence-corrected chi connectivity index (χ0v) is 6.94. The molecule has 1 aliphatic rings. The first-order valence-electron chi connectivity index (χ1n) is 4.55. The SMILES string of the molecule is CCCCC[C@H]1CCCO1. The lowest BCUT2D eigenvalue weighted by molar-refractivity contribution is 0.102. The second kappa shape index (κ2) is 4.73. The molecule has 1 heteroatoms. The Balaban J connectivity index is 1.91. The maximum atomic E-state index is 5.50. The minimum atomic E-state index is 0.617. The molecule has 0 saturated carbocycles. The summed E-state index contributed by atoms with van der Waals surface area (Å²) in [7, 11) is 0. The van der Waals surface area contributed by atoms with Gasteiger partial charge in [0.2, 0.25) is 0 Å². The zero-order chi connectivity index (χ0) is 7.23. The van der Waals surface area contributed by atoms with Crippen LogP contribution in [0.5, 0.6) is 0 Å². The number of unbranched alkanes of at least 4 members (excludes halogenated alkanes) is 2. The van der Waals surface area contributed by atoms with Crippen molar-refractivity contribution in [2.24, 2.45) is 0 Å². The predicted molar refractivity (Wildman–Crippen MR) is 43.1 cm³/mol. The van der Waals surface area contributed by atoms with Crippen LogP contribution in [0.2, 0.25) is 0 Å². The Morgan fingerprint density at radius 1 is 1.40 bits per heavy atom. The highest BCUT2D eigenvalue weighted by Crippen LogP contribution is 2.17. The molecule has 0 radical (unpaired) electrons. The summed E-state index contributed by atoms with van der Waals surface area (Å²) in [5, 5.41) is 0. The summed E-state index contributed by atoms with van der Waals surface area (Å²) >= 11 is 0. The number of rotatable bonds is 4. The summed E-state index contributed by atoms with van der Waals surface area (Å²) in [5.74, 6) is 0. The van der Waals surface area contributed by atoms with E-state index in [0.29, 0.717) is 6.10 Å². The second-order valence-corrected chi connectivity index (χ2v) is 3.13. The number of ether oxygens (including phenoxy) is 1. The van der Waals surface area contributed by atoms with Crippen molar-refractivity contribution in [3.05, 3.63) is 0 Å². The largest absolute Gasteiger partial charge is 0.378 e. The van der Waals surface area contributed by atoms with Crippen molar-refractivity contribution < 1.29 is 4.74 Å². The molecular formula is C9H18O. The van der Waals surface area contributed by atoms with Gasteiger partial charge >= 0.3 is 0 Å². The van der Waals surface area contributed by atoms with Crippen molar-refractivity contribution in [3.8, 4) is 0 Å². The lowest BCUT2D eigenvalue weighted by atomic mass is 10.1. The van der Waals surface area contributed by atoms with Crippen LogP contribution in [0.4, 0.5) is 0 Å². The third-order valence-electron chi connectivity index (χ3n) is 2.15. The molecule has 1 atom stereocenters. The van der Waals surface area contributed by atoms with Crippen LogP contribution >= 0.6 is 0 Å². The van der Waals surface area contributed by atoms with E-state index >= 15 is 0 Å². The van der Waals surface area contributed by atoms with Crippen LogP contribution in [-0.4, -0.2) is 12.7 Å². The van der Waals surface area contributed by atoms with Crippen LogP contribution in [0.1, 0.15) is 45.4 Å². The van der Waals surface area contributed by atoms with Gasteiger partial charge in [0.15, 0.2) is 0 Å². The Kier molecular flexibility index (Phi) is 3.81. The average molecular weight is 142 g/mol. The third kappa shape index (κ3) is 2.70. The Morgan fingerprint density at radius 2 is 2.30 bits per heavy atom. The Bertz CT molecular complexity index is 74.8. The van der Waals surface area contributed by atoms with E-state index in [1.54, 1.807) is 0 Å². The first-order valence-corrected chi connectivity index (χ1v) is 4.55. The van der Waals surface area contributed by atoms with Crippen LogP contribution in [-0.2, 0) is 4.74 Å². The van der Waals surface area contributed by atoms with Crippen molar-refractivity contribution in [2.75, 3.05) is 6.61 Å². The number of hydrogen-bond acceptors (Lipinski definition) is 1. The van der Waals surface area contributed by atoms with Gasteiger partial charge in [-0.25, -0.2) is 0 Å². The molecule has 0 aromatic rings. The molecule has 0 unspecified atom stereocenters. The fourth-order valence-corrected chi connectivity index (χ4v) is 1.49. The van der Waals surface area contributed by atoms with Gasteiger partial charge in [-0.15, -0.1) is 0 Å². The van der Waals surface area contributed by atoms with Crippen molar-refractivity contribution in [3.63, 3.8) is 0 Å². The molecule has 0 aromatic carbocycles. The standard InChI is InChI=1S/C9H18O/c1-2-3-4-6-9-7-5-8-10-9/h9H,2-8H2,1H3/t9-/m0/s1. The summed E-state index contributed by atoms with van der Waals surface area (Å²) in [6, 6.07) is 0. The van der Waals surface area contributed by atoms with E-state index < -0.39 is 0 Å². The van der Waals surface area contributed by atoms with E-state index in [1.807, 2.05) is 0 Å². The first kappa shape index (κ1) is 8.06. The van der Waals surface area contributed by atoms with Gasteiger partial charge in [0.1, 0.15) is 0 Å². The molecule has 0 spiro atoms. The van der Waals surface area contributed by atoms with E-state index in [2.05, 4.69) is 6.92 Å². The predicted octanol–water partition coefficient (Wildman–Crippen LogP) is 2.75. The van der Waals surface area contributed by atoms with Gasteiger partial charge in [0, 0.05) is 6.61 Å². The van der Waals surface area contributed by atoms with Crippen LogP contribution in [0.3, 0.4) is 0 Å². The molecule has 1 aliphatic heterocycles. The Hall–Kier alpha value is -0.0400. The van der Waals surface area contributed by atoms with Crippen LogP contribution in [0.25, 0.3) is 0 Å². The summed E-state index contributed by atoms with van der Waals surface area (Å²) in [6.07, 6.45) is 8.58. The topological polar surface area (TPSA) is 9.23 Å². The molecule has 1 saturated heterocycles. The molecule has 10 heavy (non-hydrogen) atoms. The van der Waals surface area contributed by atoms with E-state index in [1.165, 1.54) is 38.5 Å². The molecule has 1 rings (SSSR count). The van der Waals surface area contributed by atoms with Gasteiger partial charge in [0.05, 0.1) is 6.10 Å². The van der Waals surface area contributed by atoms with Crippen molar-refractivity contribution in [2.45, 2.75) is 51.6 Å². The van der Waals surface area contributed by atoms with E-state index in [0.717, 1.165) is 6.61 Å². The fraction of sp³-hybridized carbons (Fsp3) is 1.00. The molecule has 0 bridgehead atoms. The molecule has 0 aromatic heterocycles. The average Bonchev–Trinajstić information content (AvgIpc) is 2.41. The maximum absolute atomic E-state index is 5.50. The minimum absolute atomic E-state index is 0.617. The second-order valence-electron chi connectivity index (χ2n) is 3.13. The van der Waals surface area contributed by atoms with Gasteiger partial charge in [-0.1, -0.05) is 26.2 Å². The van der Waals surface area contributed by atoms with Crippen LogP contribution < -0.4 is 0 Å². The molecule has 1 fully saturated rings. The lowest BCUT2D eigenvalue weighted by Crippen LogP contribution is -2.03. The smallest absolute Gasteiger partial charge is 0.0576 e. The Labute approximate surface area is 63.8 Å². The molecule has 1 nitrogen and oxygen atoms in total. The highest BCUT2D eigenvalue weighted by atomic mass is 16.5. The van der Waals surface area contributed by atoms with Gasteiger partial charge in [-0.3, -0.25) is 0 Å². The fourth-order valence-electron chi connectivity index (χ4n) is 1.49. The van der Waals surface area contributed by atoms with Crippen LogP contribution in [0.15, 0.2) is 0 Å². The van der Waals surface area contributed by atoms with E-state index in [4.69, 9.17) is 4.74 Å². The van der Waals surface area contributed by atoms with E-state index in [9.17, 15) is 0 Å². The van der Waals surface area contributed by atoms with Crippen molar-refractivity contribution in [1.82, 2.24) is 0 Å². The minimum Gasteiger partial charge on any atom is -0.378 e. The van der Waals surface area contributed by atoms with Crippen molar-refractivity contribution in [1.29, 1.82) is 0 Å². The molecule has 0 N–H and O–H groups in total. The number of hydrogen-bond donors (Lipinski definition) is 0. The van der Waals surface area contributed by atoms with Gasteiger partial charge < -0.3 is 4.74 Å². The Morgan fingerprint density at radius 3 is 2.90 bits per heavy atom. The molecule has 0 aliphatic carbocycles. The van der Waals surface area contributed by atoms with Gasteiger partial charge in [0.25, 0.3) is 0 Å².